The molecule has 0 saturated heterocycles. The molecule has 2 heterocycles. The molecule has 25 heavy (non-hydrogen) atoms. The first-order valence-corrected chi connectivity index (χ1v) is 7.62. The topological polar surface area (TPSA) is 89.9 Å². The normalized spacial score (nSPS) is 19.0. The molecule has 2 aromatic rings. The highest BCUT2D eigenvalue weighted by Crippen LogP contribution is 2.30. The Hall–Kier alpha value is -3.06. The number of carbonyl (C=O) groups excluding carboxylic acids is 1. The Bertz CT molecular complexity index is 806. The number of methoxy groups -OCH3 is 1. The molecule has 1 atom stereocenters. The first kappa shape index (κ1) is 16.8. The van der Waals surface area contributed by atoms with Crippen LogP contribution in [0.15, 0.2) is 48.8 Å². The number of aromatic hydroxyl groups is 1. The van der Waals surface area contributed by atoms with Crippen molar-refractivity contribution in [3.63, 3.8) is 0 Å². The third-order valence-electron chi connectivity index (χ3n) is 3.71. The molecule has 7 nitrogen and oxygen atoms in total. The number of ether oxygens (including phenoxy) is 2. The highest BCUT2D eigenvalue weighted by Gasteiger charge is 2.32. The number of hydroxylamine groups is 1. The van der Waals surface area contributed by atoms with Gasteiger partial charge in [-0.05, 0) is 43.3 Å². The molecular weight excluding hydrogens is 324 g/mol. The predicted octanol–water partition coefficient (Wildman–Crippen LogP) is 2.29. The van der Waals surface area contributed by atoms with Crippen molar-refractivity contribution in [3.8, 4) is 11.5 Å². The van der Waals surface area contributed by atoms with Crippen molar-refractivity contribution >= 4 is 11.7 Å². The van der Waals surface area contributed by atoms with Gasteiger partial charge < -0.3 is 14.6 Å². The zero-order valence-electron chi connectivity index (χ0n) is 13.9. The zero-order valence-corrected chi connectivity index (χ0v) is 13.9. The van der Waals surface area contributed by atoms with E-state index in [4.69, 9.17) is 9.57 Å². The van der Waals surface area contributed by atoms with Crippen LogP contribution in [-0.4, -0.2) is 35.4 Å². The summed E-state index contributed by atoms with van der Waals surface area (Å²) in [6.07, 6.45) is 5.30. The fourth-order valence-electron chi connectivity index (χ4n) is 2.37. The third-order valence-corrected chi connectivity index (χ3v) is 3.71. The number of hydrogen-bond acceptors (Lipinski definition) is 7. The van der Waals surface area contributed by atoms with Crippen LogP contribution in [0.4, 0.5) is 0 Å². The van der Waals surface area contributed by atoms with Gasteiger partial charge >= 0.3 is 5.97 Å². The van der Waals surface area contributed by atoms with Crippen molar-refractivity contribution in [2.75, 3.05) is 13.7 Å². The van der Waals surface area contributed by atoms with E-state index in [1.54, 1.807) is 12.4 Å². The lowest BCUT2D eigenvalue weighted by Crippen LogP contribution is -2.33. The van der Waals surface area contributed by atoms with Crippen LogP contribution < -0.4 is 10.2 Å². The molecule has 0 fully saturated rings. The fourth-order valence-corrected chi connectivity index (χ4v) is 2.37. The Morgan fingerprint density at radius 2 is 2.24 bits per heavy atom. The first-order valence-electron chi connectivity index (χ1n) is 7.62. The van der Waals surface area contributed by atoms with Gasteiger partial charge in [0, 0.05) is 18.0 Å². The van der Waals surface area contributed by atoms with Crippen LogP contribution in [0.1, 0.15) is 22.8 Å². The Kier molecular flexibility index (Phi) is 4.58. The average molecular weight is 342 g/mol. The highest BCUT2D eigenvalue weighted by atomic mass is 16.7. The number of nitrogens with one attached hydrogen (secondary N) is 1. The van der Waals surface area contributed by atoms with Gasteiger partial charge in [-0.3, -0.25) is 15.3 Å². The lowest BCUT2D eigenvalue weighted by Gasteiger charge is -2.21. The van der Waals surface area contributed by atoms with Crippen molar-refractivity contribution in [2.45, 2.75) is 12.5 Å². The van der Waals surface area contributed by atoms with Crippen LogP contribution in [0.3, 0.4) is 0 Å². The first-order chi connectivity index (χ1) is 12.0. The van der Waals surface area contributed by atoms with Gasteiger partial charge in [0.05, 0.1) is 18.4 Å². The van der Waals surface area contributed by atoms with Gasteiger partial charge in [0.15, 0.2) is 11.5 Å². The van der Waals surface area contributed by atoms with E-state index >= 15 is 0 Å². The Morgan fingerprint density at radius 3 is 2.96 bits per heavy atom. The van der Waals surface area contributed by atoms with E-state index in [9.17, 15) is 9.90 Å². The molecule has 0 saturated carbocycles. The number of aromatic nitrogens is 1. The number of phenols is 1. The number of nitrogens with zero attached hydrogens (tertiary/aromatic N) is 1. The Balaban J connectivity index is 1.73. The van der Waals surface area contributed by atoms with E-state index in [0.717, 1.165) is 11.3 Å². The van der Waals surface area contributed by atoms with E-state index in [0.29, 0.717) is 0 Å². The number of phenolic OH excluding ortho intramolecular Hbond substituents is 1. The average Bonchev–Trinajstić information content (AvgIpc) is 3.04. The summed E-state index contributed by atoms with van der Waals surface area (Å²) in [4.78, 5) is 21.3. The van der Waals surface area contributed by atoms with Crippen molar-refractivity contribution in [2.24, 2.45) is 0 Å². The molecule has 1 aliphatic heterocycles. The minimum atomic E-state index is -0.751. The molecule has 3 rings (SSSR count). The molecule has 0 bridgehead atoms. The van der Waals surface area contributed by atoms with Gasteiger partial charge in [-0.25, -0.2) is 4.79 Å². The minimum absolute atomic E-state index is 0.0707. The molecule has 0 amide bonds. The molecule has 0 radical (unpaired) electrons. The van der Waals surface area contributed by atoms with Crippen LogP contribution in [0.2, 0.25) is 0 Å². The van der Waals surface area contributed by atoms with Gasteiger partial charge in [-0.15, -0.1) is 0 Å². The van der Waals surface area contributed by atoms with E-state index in [1.165, 1.54) is 25.3 Å². The summed E-state index contributed by atoms with van der Waals surface area (Å²) in [7, 11) is 1.29. The van der Waals surface area contributed by atoms with Gasteiger partial charge in [-0.1, -0.05) is 0 Å². The Labute approximate surface area is 144 Å². The third kappa shape index (κ3) is 3.72. The number of pyridine rings is 1. The van der Waals surface area contributed by atoms with Gasteiger partial charge in [0.2, 0.25) is 0 Å². The summed E-state index contributed by atoms with van der Waals surface area (Å²) in [6, 6.07) is 8.02. The molecule has 2 N–H and O–H groups in total. The fraction of sp³-hybridized carbons (Fsp3) is 0.222. The van der Waals surface area contributed by atoms with E-state index < -0.39 is 11.6 Å². The second-order valence-corrected chi connectivity index (χ2v) is 5.78. The molecule has 1 aliphatic rings. The zero-order chi connectivity index (χ0) is 17.9. The van der Waals surface area contributed by atoms with Crippen LogP contribution in [0.25, 0.3) is 5.70 Å². The largest absolute Gasteiger partial charge is 0.504 e. The lowest BCUT2D eigenvalue weighted by molar-refractivity contribution is -0.0476. The number of esters is 1. The van der Waals surface area contributed by atoms with Gasteiger partial charge in [-0.2, -0.15) is 0 Å². The maximum atomic E-state index is 11.6. The molecule has 1 unspecified atom stereocenters. The molecule has 0 aliphatic carbocycles. The number of carbonyl (C=O) groups is 1. The molecule has 1 aromatic carbocycles. The van der Waals surface area contributed by atoms with E-state index in [-0.39, 0.29) is 23.7 Å². The standard InChI is InChI=1S/C18H18N2O5/c1-18(9-14(20-25-18)13-4-3-7-19-10-13)11-24-16-8-12(17(22)23-2)5-6-15(16)21/h3-10,20-21H,11H2,1-2H3. The summed E-state index contributed by atoms with van der Waals surface area (Å²) in [6.45, 7) is 1.96. The van der Waals surface area contributed by atoms with Crippen LogP contribution in [0, 0.1) is 0 Å². The van der Waals surface area contributed by atoms with Crippen LogP contribution in [0.5, 0.6) is 11.5 Å². The number of benzene rings is 1. The highest BCUT2D eigenvalue weighted by molar-refractivity contribution is 5.90. The summed E-state index contributed by atoms with van der Waals surface area (Å²) in [5, 5.41) is 9.92. The maximum absolute atomic E-state index is 11.6. The quantitative estimate of drug-likeness (QED) is 0.806. The summed E-state index contributed by atoms with van der Waals surface area (Å²) >= 11 is 0. The van der Waals surface area contributed by atoms with Crippen LogP contribution >= 0.6 is 0 Å². The SMILES string of the molecule is COC(=O)c1ccc(O)c(OCC2(C)C=C(c3cccnc3)NO2)c1. The predicted molar refractivity (Wildman–Crippen MR) is 89.8 cm³/mol. The Morgan fingerprint density at radius 1 is 1.40 bits per heavy atom. The summed E-state index contributed by atoms with van der Waals surface area (Å²) in [5.41, 5.74) is 4.07. The molecule has 1 aromatic heterocycles. The van der Waals surface area contributed by atoms with E-state index in [1.807, 2.05) is 25.1 Å². The smallest absolute Gasteiger partial charge is 0.337 e. The number of hydrogen-bond donors (Lipinski definition) is 2. The van der Waals surface area contributed by atoms with Gasteiger partial charge in [0.25, 0.3) is 0 Å². The minimum Gasteiger partial charge on any atom is -0.504 e. The van der Waals surface area contributed by atoms with Gasteiger partial charge in [0.1, 0.15) is 12.2 Å². The maximum Gasteiger partial charge on any atom is 0.337 e. The van der Waals surface area contributed by atoms with Crippen molar-refractivity contribution in [1.29, 1.82) is 0 Å². The monoisotopic (exact) mass is 342 g/mol. The summed E-state index contributed by atoms with van der Waals surface area (Å²) in [5.74, 6) is -0.400. The summed E-state index contributed by atoms with van der Waals surface area (Å²) < 4.78 is 10.3. The second-order valence-electron chi connectivity index (χ2n) is 5.78. The number of rotatable bonds is 5. The second kappa shape index (κ2) is 6.82. The molecule has 7 heteroatoms. The van der Waals surface area contributed by atoms with Crippen molar-refractivity contribution < 1.29 is 24.2 Å². The molecule has 130 valence electrons. The lowest BCUT2D eigenvalue weighted by atomic mass is 10.1. The van der Waals surface area contributed by atoms with Crippen molar-refractivity contribution in [1.82, 2.24) is 10.5 Å². The van der Waals surface area contributed by atoms with Crippen LogP contribution in [-0.2, 0) is 9.57 Å². The van der Waals surface area contributed by atoms with E-state index in [2.05, 4.69) is 15.2 Å². The van der Waals surface area contributed by atoms with Crippen molar-refractivity contribution in [3.05, 3.63) is 59.9 Å². The molecule has 0 spiro atoms. The molecular formula is C18H18N2O5.